The van der Waals surface area contributed by atoms with Gasteiger partial charge in [-0.3, -0.25) is 9.59 Å². The molecule has 2 fully saturated rings. The minimum atomic E-state index is -3.73. The molecule has 8 heteroatoms. The zero-order valence-electron chi connectivity index (χ0n) is 14.5. The summed E-state index contributed by atoms with van der Waals surface area (Å²) in [7, 11) is -3.73. The van der Waals surface area contributed by atoms with Crippen LogP contribution < -0.4 is 10.5 Å². The van der Waals surface area contributed by atoms with Crippen molar-refractivity contribution in [3.63, 3.8) is 0 Å². The van der Waals surface area contributed by atoms with E-state index in [1.54, 1.807) is 12.1 Å². The van der Waals surface area contributed by atoms with E-state index in [2.05, 4.69) is 5.32 Å². The van der Waals surface area contributed by atoms with Gasteiger partial charge in [0.05, 0.1) is 4.90 Å². The van der Waals surface area contributed by atoms with Crippen LogP contribution in [0.15, 0.2) is 29.2 Å². The summed E-state index contributed by atoms with van der Waals surface area (Å²) in [6.45, 7) is -0.0808. The lowest BCUT2D eigenvalue weighted by Gasteiger charge is -2.20. The first kappa shape index (κ1) is 18.8. The van der Waals surface area contributed by atoms with Crippen molar-refractivity contribution in [2.45, 2.75) is 43.5 Å². The van der Waals surface area contributed by atoms with Gasteiger partial charge in [-0.05, 0) is 54.7 Å². The van der Waals surface area contributed by atoms with Crippen LogP contribution in [0, 0.1) is 17.8 Å². The van der Waals surface area contributed by atoms with E-state index in [4.69, 9.17) is 9.88 Å². The number of rotatable bonds is 7. The zero-order chi connectivity index (χ0) is 18.7. The maximum atomic E-state index is 11.9. The third-order valence-electron chi connectivity index (χ3n) is 5.42. The largest absolute Gasteiger partial charge is 0.456 e. The van der Waals surface area contributed by atoms with E-state index in [9.17, 15) is 18.0 Å². The molecule has 3 N–H and O–H groups in total. The molecule has 0 aliphatic heterocycles. The second-order valence-corrected chi connectivity index (χ2v) is 8.83. The Morgan fingerprint density at radius 3 is 2.46 bits per heavy atom. The molecule has 3 atom stereocenters. The summed E-state index contributed by atoms with van der Waals surface area (Å²) in [6, 6.07) is 5.90. The normalized spacial score (nSPS) is 24.4. The SMILES string of the molecule is NS(=O)(=O)c1ccc(CNC(=O)COC(=O)CC2CC3CCC2C3)cc1. The Bertz CT molecular complexity index is 775. The number of hydrogen-bond donors (Lipinski definition) is 2. The van der Waals surface area contributed by atoms with Crippen LogP contribution in [0.25, 0.3) is 0 Å². The Morgan fingerprint density at radius 2 is 1.88 bits per heavy atom. The predicted molar refractivity (Wildman–Crippen MR) is 94.2 cm³/mol. The summed E-state index contributed by atoms with van der Waals surface area (Å²) < 4.78 is 27.4. The van der Waals surface area contributed by atoms with Gasteiger partial charge in [0, 0.05) is 13.0 Å². The molecule has 3 unspecified atom stereocenters. The monoisotopic (exact) mass is 380 g/mol. The summed E-state index contributed by atoms with van der Waals surface area (Å²) in [5.41, 5.74) is 0.721. The van der Waals surface area contributed by atoms with E-state index in [0.717, 1.165) is 17.9 Å². The molecule has 0 spiro atoms. The van der Waals surface area contributed by atoms with Gasteiger partial charge in [0.15, 0.2) is 6.61 Å². The maximum Gasteiger partial charge on any atom is 0.306 e. The van der Waals surface area contributed by atoms with Gasteiger partial charge in [-0.1, -0.05) is 18.6 Å². The fourth-order valence-corrected chi connectivity index (χ4v) is 4.61. The molecular weight excluding hydrogens is 356 g/mol. The van der Waals surface area contributed by atoms with Gasteiger partial charge in [0.2, 0.25) is 10.0 Å². The highest BCUT2D eigenvalue weighted by atomic mass is 32.2. The van der Waals surface area contributed by atoms with Crippen molar-refractivity contribution < 1.29 is 22.7 Å². The summed E-state index contributed by atoms with van der Waals surface area (Å²) in [5.74, 6) is 1.15. The number of primary sulfonamides is 1. The average molecular weight is 380 g/mol. The molecule has 1 aromatic carbocycles. The number of nitrogens with one attached hydrogen (secondary N) is 1. The molecule has 0 aromatic heterocycles. The van der Waals surface area contributed by atoms with Gasteiger partial charge in [-0.2, -0.15) is 0 Å². The molecule has 7 nitrogen and oxygen atoms in total. The molecule has 3 rings (SSSR count). The first-order valence-electron chi connectivity index (χ1n) is 8.85. The summed E-state index contributed by atoms with van der Waals surface area (Å²) in [6.07, 6.45) is 5.26. The number of carbonyl (C=O) groups excluding carboxylic acids is 2. The molecule has 0 heterocycles. The number of amides is 1. The first-order chi connectivity index (χ1) is 12.3. The smallest absolute Gasteiger partial charge is 0.306 e. The number of sulfonamides is 1. The topological polar surface area (TPSA) is 116 Å². The lowest BCUT2D eigenvalue weighted by molar-refractivity contribution is -0.149. The Hall–Kier alpha value is -1.93. The van der Waals surface area contributed by atoms with Crippen LogP contribution in [0.4, 0.5) is 0 Å². The molecule has 0 radical (unpaired) electrons. The highest BCUT2D eigenvalue weighted by molar-refractivity contribution is 7.89. The summed E-state index contributed by atoms with van der Waals surface area (Å²) >= 11 is 0. The third kappa shape index (κ3) is 4.82. The van der Waals surface area contributed by atoms with Gasteiger partial charge >= 0.3 is 5.97 Å². The van der Waals surface area contributed by atoms with Crippen molar-refractivity contribution in [2.75, 3.05) is 6.61 Å². The number of hydrogen-bond acceptors (Lipinski definition) is 5. The van der Waals surface area contributed by atoms with Gasteiger partial charge in [-0.25, -0.2) is 13.6 Å². The molecule has 0 saturated heterocycles. The van der Waals surface area contributed by atoms with Crippen LogP contribution in [0.5, 0.6) is 0 Å². The number of nitrogens with two attached hydrogens (primary N) is 1. The third-order valence-corrected chi connectivity index (χ3v) is 6.35. The van der Waals surface area contributed by atoms with E-state index in [-0.39, 0.29) is 29.9 Å². The van der Waals surface area contributed by atoms with Crippen LogP contribution in [0.1, 0.15) is 37.7 Å². The van der Waals surface area contributed by atoms with Gasteiger partial charge in [0.1, 0.15) is 0 Å². The zero-order valence-corrected chi connectivity index (χ0v) is 15.3. The van der Waals surface area contributed by atoms with E-state index in [1.807, 2.05) is 0 Å². The van der Waals surface area contributed by atoms with Crippen molar-refractivity contribution in [1.29, 1.82) is 0 Å². The minimum Gasteiger partial charge on any atom is -0.456 e. The van der Waals surface area contributed by atoms with Crippen LogP contribution in [-0.4, -0.2) is 26.9 Å². The van der Waals surface area contributed by atoms with Crippen molar-refractivity contribution in [1.82, 2.24) is 5.32 Å². The van der Waals surface area contributed by atoms with Gasteiger partial charge in [-0.15, -0.1) is 0 Å². The first-order valence-corrected chi connectivity index (χ1v) is 10.4. The van der Waals surface area contributed by atoms with Crippen LogP contribution in [0.3, 0.4) is 0 Å². The Balaban J connectivity index is 1.37. The van der Waals surface area contributed by atoms with Crippen LogP contribution in [0.2, 0.25) is 0 Å². The lowest BCUT2D eigenvalue weighted by Crippen LogP contribution is -2.29. The number of benzene rings is 1. The van der Waals surface area contributed by atoms with E-state index >= 15 is 0 Å². The standard InChI is InChI=1S/C18H24N2O5S/c19-26(23,24)16-5-2-12(3-6-16)10-20-17(21)11-25-18(22)9-15-8-13-1-4-14(15)7-13/h2-3,5-6,13-15H,1,4,7-11H2,(H,20,21)(H2,19,23,24). The highest BCUT2D eigenvalue weighted by Gasteiger charge is 2.40. The van der Waals surface area contributed by atoms with Crippen molar-refractivity contribution in [3.05, 3.63) is 29.8 Å². The molecule has 142 valence electrons. The second-order valence-electron chi connectivity index (χ2n) is 7.27. The molecule has 2 saturated carbocycles. The number of esters is 1. The maximum absolute atomic E-state index is 11.9. The molecular formula is C18H24N2O5S. The predicted octanol–water partition coefficient (Wildman–Crippen LogP) is 1.32. The summed E-state index contributed by atoms with van der Waals surface area (Å²) in [4.78, 5) is 23.7. The van der Waals surface area contributed by atoms with Gasteiger partial charge in [0.25, 0.3) is 5.91 Å². The van der Waals surface area contributed by atoms with Crippen molar-refractivity contribution >= 4 is 21.9 Å². The van der Waals surface area contributed by atoms with E-state index in [1.165, 1.54) is 31.4 Å². The lowest BCUT2D eigenvalue weighted by atomic mass is 9.86. The average Bonchev–Trinajstić information content (AvgIpc) is 3.20. The molecule has 2 aliphatic rings. The van der Waals surface area contributed by atoms with Crippen LogP contribution in [-0.2, 0) is 30.9 Å². The Morgan fingerprint density at radius 1 is 1.15 bits per heavy atom. The number of ether oxygens (including phenoxy) is 1. The quantitative estimate of drug-likeness (QED) is 0.692. The summed E-state index contributed by atoms with van der Waals surface area (Å²) in [5, 5.41) is 7.67. The number of fused-ring (bicyclic) bond motifs is 2. The number of carbonyl (C=O) groups is 2. The molecule has 26 heavy (non-hydrogen) atoms. The van der Waals surface area contributed by atoms with E-state index in [0.29, 0.717) is 18.3 Å². The Kier molecular flexibility index (Phi) is 5.62. The van der Waals surface area contributed by atoms with Crippen molar-refractivity contribution in [3.8, 4) is 0 Å². The molecule has 1 aromatic rings. The molecule has 1 amide bonds. The molecule has 2 bridgehead atoms. The van der Waals surface area contributed by atoms with Crippen LogP contribution >= 0.6 is 0 Å². The minimum absolute atomic E-state index is 0.0159. The fraction of sp³-hybridized carbons (Fsp3) is 0.556. The highest BCUT2D eigenvalue weighted by Crippen LogP contribution is 2.49. The van der Waals surface area contributed by atoms with Crippen molar-refractivity contribution in [2.24, 2.45) is 22.9 Å². The Labute approximate surface area is 153 Å². The van der Waals surface area contributed by atoms with Gasteiger partial charge < -0.3 is 10.1 Å². The fourth-order valence-electron chi connectivity index (χ4n) is 4.09. The molecule has 2 aliphatic carbocycles. The van der Waals surface area contributed by atoms with E-state index < -0.39 is 10.0 Å². The second kappa shape index (κ2) is 7.75.